The van der Waals surface area contributed by atoms with Crippen LogP contribution in [0.1, 0.15) is 22.7 Å². The van der Waals surface area contributed by atoms with Crippen molar-refractivity contribution in [2.24, 2.45) is 0 Å². The summed E-state index contributed by atoms with van der Waals surface area (Å²) in [5.74, 6) is 2.97. The summed E-state index contributed by atoms with van der Waals surface area (Å²) in [5.41, 5.74) is 3.96. The maximum absolute atomic E-state index is 6.02. The van der Waals surface area contributed by atoms with Crippen LogP contribution in [0, 0.1) is 0 Å². The lowest BCUT2D eigenvalue weighted by atomic mass is 10.0. The fourth-order valence-electron chi connectivity index (χ4n) is 2.96. The van der Waals surface area contributed by atoms with E-state index in [9.17, 15) is 0 Å². The van der Waals surface area contributed by atoms with Crippen LogP contribution in [-0.4, -0.2) is 15.3 Å². The van der Waals surface area contributed by atoms with Crippen molar-refractivity contribution >= 4 is 11.8 Å². The van der Waals surface area contributed by atoms with E-state index in [1.54, 1.807) is 0 Å². The normalized spacial score (nSPS) is 16.8. The number of rotatable bonds is 4. The highest BCUT2D eigenvalue weighted by molar-refractivity contribution is 7.98. The van der Waals surface area contributed by atoms with Gasteiger partial charge in [-0.1, -0.05) is 54.6 Å². The molecule has 116 valence electrons. The Hall–Kier alpha value is -2.20. The van der Waals surface area contributed by atoms with Crippen LogP contribution in [-0.2, 0) is 12.4 Å². The van der Waals surface area contributed by atoms with Gasteiger partial charge in [-0.25, -0.2) is 4.98 Å². The van der Waals surface area contributed by atoms with Crippen LogP contribution in [0.2, 0.25) is 0 Å². The average molecular weight is 322 g/mol. The Morgan fingerprint density at radius 3 is 2.83 bits per heavy atom. The molecular weight excluding hydrogens is 304 g/mol. The first-order chi connectivity index (χ1) is 11.4. The summed E-state index contributed by atoms with van der Waals surface area (Å²) in [4.78, 5) is 4.31. The van der Waals surface area contributed by atoms with Gasteiger partial charge in [0.05, 0.1) is 18.6 Å². The Kier molecular flexibility index (Phi) is 4.07. The Morgan fingerprint density at radius 2 is 1.91 bits per heavy atom. The second-order valence-electron chi connectivity index (χ2n) is 5.64. The van der Waals surface area contributed by atoms with Gasteiger partial charge < -0.3 is 4.74 Å². The van der Waals surface area contributed by atoms with E-state index in [4.69, 9.17) is 4.74 Å². The summed E-state index contributed by atoms with van der Waals surface area (Å²) in [6.07, 6.45) is 3.69. The van der Waals surface area contributed by atoms with Crippen LogP contribution in [0.5, 0.6) is 5.88 Å². The molecule has 0 bridgehead atoms. The predicted octanol–water partition coefficient (Wildman–Crippen LogP) is 4.30. The van der Waals surface area contributed by atoms with E-state index in [1.165, 1.54) is 16.7 Å². The van der Waals surface area contributed by atoms with Crippen LogP contribution >= 0.6 is 11.8 Å². The summed E-state index contributed by atoms with van der Waals surface area (Å²) in [5, 5.41) is 0. The molecule has 0 spiro atoms. The number of nitrogens with zero attached hydrogens (tertiary/aromatic N) is 2. The smallest absolute Gasteiger partial charge is 0.214 e. The highest BCUT2D eigenvalue weighted by Gasteiger charge is 2.23. The monoisotopic (exact) mass is 322 g/mol. The molecule has 1 unspecified atom stereocenters. The Bertz CT molecular complexity index is 785. The summed E-state index contributed by atoms with van der Waals surface area (Å²) in [6, 6.07) is 19.2. The van der Waals surface area contributed by atoms with Crippen LogP contribution in [0.4, 0.5) is 0 Å². The third-order valence-corrected chi connectivity index (χ3v) is 5.21. The molecule has 0 amide bonds. The van der Waals surface area contributed by atoms with Crippen LogP contribution in [0.15, 0.2) is 67.1 Å². The van der Waals surface area contributed by atoms with Gasteiger partial charge in [0.15, 0.2) is 0 Å². The van der Waals surface area contributed by atoms with Gasteiger partial charge in [0.1, 0.15) is 6.61 Å². The number of benzene rings is 2. The van der Waals surface area contributed by atoms with Gasteiger partial charge >= 0.3 is 0 Å². The molecule has 1 aliphatic heterocycles. The third kappa shape index (κ3) is 2.99. The molecule has 3 aromatic rings. The van der Waals surface area contributed by atoms with Crippen molar-refractivity contribution in [3.05, 3.63) is 83.8 Å². The maximum atomic E-state index is 6.02. The van der Waals surface area contributed by atoms with Gasteiger partial charge in [-0.3, -0.25) is 4.57 Å². The lowest BCUT2D eigenvalue weighted by molar-refractivity contribution is 0.275. The average Bonchev–Trinajstić information content (AvgIpc) is 3.09. The molecular formula is C19H18N2OS. The molecule has 4 heteroatoms. The second kappa shape index (κ2) is 6.50. The standard InChI is InChI=1S/C19H18N2OS/c1-2-6-15(7-3-1)11-22-19-10-20-14-21(19)18-13-23-12-16-8-4-5-9-17(16)18/h1-10,14,18H,11-13H2. The molecule has 1 aliphatic rings. The van der Waals surface area contributed by atoms with Crippen molar-refractivity contribution in [3.63, 3.8) is 0 Å². The summed E-state index contributed by atoms with van der Waals surface area (Å²) < 4.78 is 8.18. The first kappa shape index (κ1) is 14.4. The van der Waals surface area contributed by atoms with E-state index in [0.717, 1.165) is 17.4 Å². The molecule has 0 radical (unpaired) electrons. The molecule has 0 N–H and O–H groups in total. The van der Waals surface area contributed by atoms with Crippen molar-refractivity contribution in [3.8, 4) is 5.88 Å². The minimum Gasteiger partial charge on any atom is -0.473 e. The molecule has 0 aliphatic carbocycles. The fraction of sp³-hybridized carbons (Fsp3) is 0.211. The Labute approximate surface area is 140 Å². The van der Waals surface area contributed by atoms with Gasteiger partial charge in [0.25, 0.3) is 0 Å². The first-order valence-electron chi connectivity index (χ1n) is 7.76. The van der Waals surface area contributed by atoms with Crippen LogP contribution in [0.3, 0.4) is 0 Å². The van der Waals surface area contributed by atoms with Gasteiger partial charge in [0, 0.05) is 11.5 Å². The Balaban J connectivity index is 1.58. The van der Waals surface area contributed by atoms with E-state index in [0.29, 0.717) is 12.6 Å². The molecule has 0 saturated carbocycles. The van der Waals surface area contributed by atoms with Gasteiger partial charge in [-0.05, 0) is 16.7 Å². The predicted molar refractivity (Wildman–Crippen MR) is 93.7 cm³/mol. The zero-order valence-corrected chi connectivity index (χ0v) is 13.6. The number of fused-ring (bicyclic) bond motifs is 1. The molecule has 4 rings (SSSR count). The molecule has 1 atom stereocenters. The van der Waals surface area contributed by atoms with E-state index in [2.05, 4.69) is 45.9 Å². The van der Waals surface area contributed by atoms with E-state index in [-0.39, 0.29) is 0 Å². The molecule has 2 heterocycles. The summed E-state index contributed by atoms with van der Waals surface area (Å²) >= 11 is 1.96. The minimum atomic E-state index is 0.290. The molecule has 0 saturated heterocycles. The summed E-state index contributed by atoms with van der Waals surface area (Å²) in [6.45, 7) is 0.564. The van der Waals surface area contributed by atoms with Gasteiger partial charge in [-0.2, -0.15) is 11.8 Å². The highest BCUT2D eigenvalue weighted by Crippen LogP contribution is 2.36. The Morgan fingerprint density at radius 1 is 1.09 bits per heavy atom. The number of hydrogen-bond acceptors (Lipinski definition) is 3. The van der Waals surface area contributed by atoms with Crippen LogP contribution in [0.25, 0.3) is 0 Å². The van der Waals surface area contributed by atoms with Gasteiger partial charge in [-0.15, -0.1) is 0 Å². The minimum absolute atomic E-state index is 0.290. The van der Waals surface area contributed by atoms with E-state index >= 15 is 0 Å². The zero-order chi connectivity index (χ0) is 15.5. The first-order valence-corrected chi connectivity index (χ1v) is 8.91. The number of aromatic nitrogens is 2. The number of imidazole rings is 1. The van der Waals surface area contributed by atoms with Crippen LogP contribution < -0.4 is 4.74 Å². The van der Waals surface area contributed by atoms with Crippen molar-refractivity contribution in [1.82, 2.24) is 9.55 Å². The van der Waals surface area contributed by atoms with Crippen molar-refractivity contribution in [2.45, 2.75) is 18.4 Å². The highest BCUT2D eigenvalue weighted by atomic mass is 32.2. The lowest BCUT2D eigenvalue weighted by Gasteiger charge is -2.27. The largest absolute Gasteiger partial charge is 0.473 e. The topological polar surface area (TPSA) is 27.1 Å². The quantitative estimate of drug-likeness (QED) is 0.716. The van der Waals surface area contributed by atoms with E-state index in [1.807, 2.05) is 42.5 Å². The number of thioether (sulfide) groups is 1. The van der Waals surface area contributed by atoms with Crippen molar-refractivity contribution in [1.29, 1.82) is 0 Å². The molecule has 23 heavy (non-hydrogen) atoms. The van der Waals surface area contributed by atoms with E-state index < -0.39 is 0 Å². The van der Waals surface area contributed by atoms with Crippen molar-refractivity contribution < 1.29 is 4.74 Å². The van der Waals surface area contributed by atoms with Gasteiger partial charge in [0.2, 0.25) is 5.88 Å². The molecule has 2 aromatic carbocycles. The second-order valence-corrected chi connectivity index (χ2v) is 6.67. The maximum Gasteiger partial charge on any atom is 0.214 e. The number of ether oxygens (including phenoxy) is 1. The lowest BCUT2D eigenvalue weighted by Crippen LogP contribution is -2.19. The third-order valence-electron chi connectivity index (χ3n) is 4.14. The zero-order valence-electron chi connectivity index (χ0n) is 12.8. The fourth-order valence-corrected chi connectivity index (χ4v) is 4.13. The van der Waals surface area contributed by atoms with Crippen molar-refractivity contribution in [2.75, 3.05) is 5.75 Å². The molecule has 3 nitrogen and oxygen atoms in total. The number of hydrogen-bond donors (Lipinski definition) is 0. The summed E-state index contributed by atoms with van der Waals surface area (Å²) in [7, 11) is 0. The molecule has 0 fully saturated rings. The molecule has 1 aromatic heterocycles. The SMILES string of the molecule is c1ccc(COc2cncn2C2CSCc3ccccc32)cc1.